The van der Waals surface area contributed by atoms with Gasteiger partial charge in [0.2, 0.25) is 5.91 Å². The topological polar surface area (TPSA) is 54.5 Å². The third-order valence-electron chi connectivity index (χ3n) is 4.44. The van der Waals surface area contributed by atoms with Crippen LogP contribution in [0, 0.1) is 0 Å². The van der Waals surface area contributed by atoms with Gasteiger partial charge in [-0.05, 0) is 37.6 Å². The number of carbonyl (C=O) groups is 1. The zero-order valence-electron chi connectivity index (χ0n) is 13.6. The number of nitrogens with zero attached hydrogens (tertiary/aromatic N) is 4. The minimum Gasteiger partial charge on any atom is -0.467 e. The Labute approximate surface area is 136 Å². The number of aromatic nitrogens is 2. The quantitative estimate of drug-likeness (QED) is 0.818. The number of hydrogen-bond donors (Lipinski definition) is 0. The fourth-order valence-corrected chi connectivity index (χ4v) is 3.12. The smallest absolute Gasteiger partial charge is 0.236 e. The first-order valence-electron chi connectivity index (χ1n) is 8.20. The van der Waals surface area contributed by atoms with Crippen molar-refractivity contribution in [1.82, 2.24) is 19.6 Å². The van der Waals surface area contributed by atoms with Gasteiger partial charge in [0.1, 0.15) is 5.76 Å². The van der Waals surface area contributed by atoms with Crippen LogP contribution in [0.3, 0.4) is 0 Å². The van der Waals surface area contributed by atoms with Gasteiger partial charge < -0.3 is 9.32 Å². The number of amides is 1. The monoisotopic (exact) mass is 316 g/mol. The molecule has 0 N–H and O–H groups in total. The molecule has 1 atom stereocenters. The lowest BCUT2D eigenvalue weighted by molar-refractivity contribution is -0.133. The summed E-state index contributed by atoms with van der Waals surface area (Å²) in [5, 5.41) is 4.29. The van der Waals surface area contributed by atoms with Crippen molar-refractivity contribution in [2.75, 3.05) is 20.1 Å². The molecule has 3 rings (SSSR count). The number of piperidine rings is 1. The van der Waals surface area contributed by atoms with Crippen molar-refractivity contribution >= 4 is 5.91 Å². The highest BCUT2D eigenvalue weighted by molar-refractivity contribution is 5.78. The van der Waals surface area contributed by atoms with Gasteiger partial charge in [0.25, 0.3) is 0 Å². The van der Waals surface area contributed by atoms with Gasteiger partial charge in [-0.3, -0.25) is 14.4 Å². The van der Waals surface area contributed by atoms with Gasteiger partial charge in [-0.15, -0.1) is 0 Å². The molecule has 0 bridgehead atoms. The highest BCUT2D eigenvalue weighted by atomic mass is 16.3. The zero-order valence-corrected chi connectivity index (χ0v) is 13.6. The SMILES string of the molecule is CN(Cc1ccco1)C(=O)CN1CCCC[C@@H]1Cn1cccn1. The second-order valence-corrected chi connectivity index (χ2v) is 6.18. The molecule has 3 heterocycles. The van der Waals surface area contributed by atoms with Crippen LogP contribution in [0.2, 0.25) is 0 Å². The minimum absolute atomic E-state index is 0.133. The first kappa shape index (κ1) is 15.8. The molecule has 1 aliphatic rings. The number of likely N-dealkylation sites (N-methyl/N-ethyl adjacent to an activating group) is 1. The third kappa shape index (κ3) is 4.22. The van der Waals surface area contributed by atoms with Crippen molar-refractivity contribution in [3.8, 4) is 0 Å². The predicted octanol–water partition coefficient (Wildman–Crippen LogP) is 1.99. The van der Waals surface area contributed by atoms with Gasteiger partial charge in [-0.2, -0.15) is 5.10 Å². The molecule has 6 nitrogen and oxygen atoms in total. The highest BCUT2D eigenvalue weighted by Gasteiger charge is 2.26. The maximum atomic E-state index is 12.5. The number of furan rings is 1. The first-order valence-corrected chi connectivity index (χ1v) is 8.20. The van der Waals surface area contributed by atoms with Gasteiger partial charge in [0.15, 0.2) is 0 Å². The maximum Gasteiger partial charge on any atom is 0.236 e. The Bertz CT molecular complexity index is 594. The Balaban J connectivity index is 1.56. The average molecular weight is 316 g/mol. The van der Waals surface area contributed by atoms with Crippen LogP contribution in [0.15, 0.2) is 41.3 Å². The Hall–Kier alpha value is -2.08. The van der Waals surface area contributed by atoms with Crippen molar-refractivity contribution in [3.05, 3.63) is 42.6 Å². The molecule has 0 aromatic carbocycles. The molecule has 0 radical (unpaired) electrons. The summed E-state index contributed by atoms with van der Waals surface area (Å²) in [5.41, 5.74) is 0. The van der Waals surface area contributed by atoms with E-state index in [9.17, 15) is 4.79 Å². The average Bonchev–Trinajstić information content (AvgIpc) is 3.23. The third-order valence-corrected chi connectivity index (χ3v) is 4.44. The first-order chi connectivity index (χ1) is 11.2. The van der Waals surface area contributed by atoms with Crippen molar-refractivity contribution in [2.24, 2.45) is 0 Å². The Morgan fingerprint density at radius 1 is 1.43 bits per heavy atom. The van der Waals surface area contributed by atoms with E-state index in [1.165, 1.54) is 6.42 Å². The van der Waals surface area contributed by atoms with E-state index in [4.69, 9.17) is 4.42 Å². The van der Waals surface area contributed by atoms with Gasteiger partial charge in [0, 0.05) is 25.5 Å². The van der Waals surface area contributed by atoms with Crippen LogP contribution in [0.5, 0.6) is 0 Å². The largest absolute Gasteiger partial charge is 0.467 e. The minimum atomic E-state index is 0.133. The van der Waals surface area contributed by atoms with Crippen LogP contribution in [0.1, 0.15) is 25.0 Å². The lowest BCUT2D eigenvalue weighted by Gasteiger charge is -2.36. The van der Waals surface area contributed by atoms with Crippen molar-refractivity contribution in [2.45, 2.75) is 38.4 Å². The van der Waals surface area contributed by atoms with E-state index in [0.29, 0.717) is 19.1 Å². The number of rotatable bonds is 6. The number of likely N-dealkylation sites (tertiary alicyclic amines) is 1. The molecule has 23 heavy (non-hydrogen) atoms. The molecule has 6 heteroatoms. The van der Waals surface area contributed by atoms with Crippen molar-refractivity contribution in [1.29, 1.82) is 0 Å². The van der Waals surface area contributed by atoms with Gasteiger partial charge in [-0.25, -0.2) is 0 Å². The summed E-state index contributed by atoms with van der Waals surface area (Å²) < 4.78 is 7.27. The molecule has 0 unspecified atom stereocenters. The molecule has 0 saturated carbocycles. The van der Waals surface area contributed by atoms with E-state index in [2.05, 4.69) is 10.00 Å². The molecular weight excluding hydrogens is 292 g/mol. The molecular formula is C17H24N4O2. The lowest BCUT2D eigenvalue weighted by atomic mass is 10.0. The van der Waals surface area contributed by atoms with E-state index in [0.717, 1.165) is 31.7 Å². The lowest BCUT2D eigenvalue weighted by Crippen LogP contribution is -2.47. The van der Waals surface area contributed by atoms with Crippen LogP contribution in [0.4, 0.5) is 0 Å². The van der Waals surface area contributed by atoms with E-state index in [1.807, 2.05) is 36.1 Å². The Kier molecular flexibility index (Phi) is 5.12. The van der Waals surface area contributed by atoms with Crippen LogP contribution < -0.4 is 0 Å². The van der Waals surface area contributed by atoms with Gasteiger partial charge in [0.05, 0.1) is 25.9 Å². The summed E-state index contributed by atoms with van der Waals surface area (Å²) in [6.45, 7) is 2.81. The van der Waals surface area contributed by atoms with Crippen LogP contribution in [0.25, 0.3) is 0 Å². The van der Waals surface area contributed by atoms with Gasteiger partial charge in [-0.1, -0.05) is 6.42 Å². The molecule has 0 aliphatic carbocycles. The Morgan fingerprint density at radius 3 is 3.09 bits per heavy atom. The van der Waals surface area contributed by atoms with E-state index in [1.54, 1.807) is 17.4 Å². The molecule has 0 spiro atoms. The zero-order chi connectivity index (χ0) is 16.1. The molecule has 124 valence electrons. The van der Waals surface area contributed by atoms with E-state index < -0.39 is 0 Å². The molecule has 1 amide bonds. The molecule has 2 aromatic heterocycles. The molecule has 2 aromatic rings. The van der Waals surface area contributed by atoms with Crippen LogP contribution in [-0.2, 0) is 17.9 Å². The highest BCUT2D eigenvalue weighted by Crippen LogP contribution is 2.18. The van der Waals surface area contributed by atoms with Crippen LogP contribution >= 0.6 is 0 Å². The second kappa shape index (κ2) is 7.46. The summed E-state index contributed by atoms with van der Waals surface area (Å²) in [6, 6.07) is 6.06. The Morgan fingerprint density at radius 2 is 2.35 bits per heavy atom. The summed E-state index contributed by atoms with van der Waals surface area (Å²) in [5.74, 6) is 0.946. The number of hydrogen-bond acceptors (Lipinski definition) is 4. The van der Waals surface area contributed by atoms with Crippen molar-refractivity contribution < 1.29 is 9.21 Å². The van der Waals surface area contributed by atoms with Crippen LogP contribution in [-0.4, -0.2) is 51.7 Å². The van der Waals surface area contributed by atoms with E-state index >= 15 is 0 Å². The molecule has 1 fully saturated rings. The number of carbonyl (C=O) groups excluding carboxylic acids is 1. The molecule has 1 aliphatic heterocycles. The maximum absolute atomic E-state index is 12.5. The standard InChI is InChI=1S/C17H24N4O2/c1-19(13-16-7-4-11-23-16)17(22)14-20-9-3-2-6-15(20)12-21-10-5-8-18-21/h4-5,7-8,10-11,15H,2-3,6,9,12-14H2,1H3/t15-/m1/s1. The van der Waals surface area contributed by atoms with Gasteiger partial charge >= 0.3 is 0 Å². The predicted molar refractivity (Wildman–Crippen MR) is 86.6 cm³/mol. The summed E-state index contributed by atoms with van der Waals surface area (Å²) in [4.78, 5) is 16.5. The fraction of sp³-hybridized carbons (Fsp3) is 0.529. The normalized spacial score (nSPS) is 18.9. The van der Waals surface area contributed by atoms with Crippen molar-refractivity contribution in [3.63, 3.8) is 0 Å². The second-order valence-electron chi connectivity index (χ2n) is 6.18. The molecule has 1 saturated heterocycles. The summed E-state index contributed by atoms with van der Waals surface area (Å²) in [6.07, 6.45) is 8.92. The van der Waals surface area contributed by atoms with E-state index in [-0.39, 0.29) is 5.91 Å². The fourth-order valence-electron chi connectivity index (χ4n) is 3.12. The summed E-state index contributed by atoms with van der Waals surface area (Å²) >= 11 is 0. The summed E-state index contributed by atoms with van der Waals surface area (Å²) in [7, 11) is 1.83.